The number of hydrogen-bond acceptors (Lipinski definition) is 6. The van der Waals surface area contributed by atoms with Crippen LogP contribution in [0.4, 0.5) is 5.82 Å². The predicted octanol–water partition coefficient (Wildman–Crippen LogP) is 1.87. The Morgan fingerprint density at radius 3 is 2.65 bits per heavy atom. The van der Waals surface area contributed by atoms with E-state index in [9.17, 15) is 9.59 Å². The number of rotatable bonds is 6. The SMILES string of the molecule is CCOC(=O)c1cccnc1NC(C(=O)OC)C(C)C. The normalized spacial score (nSPS) is 11.8. The number of nitrogens with one attached hydrogen (secondary N) is 1. The van der Waals surface area contributed by atoms with E-state index in [1.807, 2.05) is 13.8 Å². The molecule has 0 aliphatic carbocycles. The van der Waals surface area contributed by atoms with E-state index in [0.29, 0.717) is 11.4 Å². The number of methoxy groups -OCH3 is 1. The van der Waals surface area contributed by atoms with Gasteiger partial charge in [0.15, 0.2) is 0 Å². The molecule has 6 heteroatoms. The van der Waals surface area contributed by atoms with E-state index in [1.54, 1.807) is 25.3 Å². The fourth-order valence-electron chi connectivity index (χ4n) is 1.67. The van der Waals surface area contributed by atoms with Crippen molar-refractivity contribution in [3.63, 3.8) is 0 Å². The van der Waals surface area contributed by atoms with Crippen LogP contribution in [0.2, 0.25) is 0 Å². The smallest absolute Gasteiger partial charge is 0.341 e. The molecule has 1 aromatic heterocycles. The summed E-state index contributed by atoms with van der Waals surface area (Å²) in [6.07, 6.45) is 1.54. The first-order valence-electron chi connectivity index (χ1n) is 6.47. The lowest BCUT2D eigenvalue weighted by molar-refractivity contribution is -0.142. The van der Waals surface area contributed by atoms with E-state index in [-0.39, 0.29) is 12.5 Å². The molecule has 0 bridgehead atoms. The van der Waals surface area contributed by atoms with Gasteiger partial charge in [0, 0.05) is 6.20 Å². The van der Waals surface area contributed by atoms with Gasteiger partial charge in [-0.1, -0.05) is 13.8 Å². The second-order valence-electron chi connectivity index (χ2n) is 4.51. The summed E-state index contributed by atoms with van der Waals surface area (Å²) in [6, 6.07) is 2.66. The summed E-state index contributed by atoms with van der Waals surface area (Å²) in [5, 5.41) is 2.95. The molecule has 0 saturated carbocycles. The summed E-state index contributed by atoms with van der Waals surface area (Å²) in [7, 11) is 1.32. The number of carbonyl (C=O) groups excluding carboxylic acids is 2. The standard InChI is InChI=1S/C14H20N2O4/c1-5-20-13(17)10-7-6-8-15-12(10)16-11(9(2)3)14(18)19-4/h6-9,11H,5H2,1-4H3,(H,15,16). The van der Waals surface area contributed by atoms with E-state index in [2.05, 4.69) is 10.3 Å². The fraction of sp³-hybridized carbons (Fsp3) is 0.500. The van der Waals surface area contributed by atoms with Crippen LogP contribution in [0.15, 0.2) is 18.3 Å². The molecule has 20 heavy (non-hydrogen) atoms. The topological polar surface area (TPSA) is 77.5 Å². The number of ether oxygens (including phenoxy) is 2. The first-order chi connectivity index (χ1) is 9.51. The summed E-state index contributed by atoms with van der Waals surface area (Å²) in [6.45, 7) is 5.76. The summed E-state index contributed by atoms with van der Waals surface area (Å²) >= 11 is 0. The van der Waals surface area contributed by atoms with Crippen LogP contribution in [-0.2, 0) is 14.3 Å². The van der Waals surface area contributed by atoms with Gasteiger partial charge in [0.1, 0.15) is 17.4 Å². The average Bonchev–Trinajstić information content (AvgIpc) is 2.44. The Bertz CT molecular complexity index is 474. The number of aromatic nitrogens is 1. The van der Waals surface area contributed by atoms with Gasteiger partial charge in [-0.2, -0.15) is 0 Å². The lowest BCUT2D eigenvalue weighted by atomic mass is 10.0. The maximum Gasteiger partial charge on any atom is 0.341 e. The van der Waals surface area contributed by atoms with Crippen molar-refractivity contribution >= 4 is 17.8 Å². The molecule has 110 valence electrons. The highest BCUT2D eigenvalue weighted by molar-refractivity contribution is 5.95. The van der Waals surface area contributed by atoms with Crippen LogP contribution in [-0.4, -0.2) is 36.7 Å². The molecule has 0 spiro atoms. The fourth-order valence-corrected chi connectivity index (χ4v) is 1.67. The number of hydrogen-bond donors (Lipinski definition) is 1. The van der Waals surface area contributed by atoms with E-state index >= 15 is 0 Å². The van der Waals surface area contributed by atoms with Gasteiger partial charge in [0.25, 0.3) is 0 Å². The summed E-state index contributed by atoms with van der Waals surface area (Å²) < 4.78 is 9.71. The van der Waals surface area contributed by atoms with Crippen molar-refractivity contribution in [2.24, 2.45) is 5.92 Å². The minimum absolute atomic E-state index is 0.0144. The molecule has 0 amide bonds. The van der Waals surface area contributed by atoms with Crippen LogP contribution in [0, 0.1) is 5.92 Å². The van der Waals surface area contributed by atoms with E-state index in [1.165, 1.54) is 7.11 Å². The summed E-state index contributed by atoms with van der Waals surface area (Å²) in [5.41, 5.74) is 0.295. The first kappa shape index (κ1) is 15.9. The molecule has 1 atom stereocenters. The van der Waals surface area contributed by atoms with E-state index < -0.39 is 18.0 Å². The lowest BCUT2D eigenvalue weighted by Gasteiger charge is -2.21. The second kappa shape index (κ2) is 7.47. The van der Waals surface area contributed by atoms with Gasteiger partial charge in [0.05, 0.1) is 13.7 Å². The van der Waals surface area contributed by atoms with E-state index in [0.717, 1.165) is 0 Å². The van der Waals surface area contributed by atoms with Gasteiger partial charge < -0.3 is 14.8 Å². The Hall–Kier alpha value is -2.11. The Labute approximate surface area is 118 Å². The molecule has 0 aliphatic rings. The molecule has 0 aromatic carbocycles. The highest BCUT2D eigenvalue weighted by Gasteiger charge is 2.25. The Morgan fingerprint density at radius 2 is 2.10 bits per heavy atom. The first-order valence-corrected chi connectivity index (χ1v) is 6.47. The molecule has 0 saturated heterocycles. The van der Waals surface area contributed by atoms with Gasteiger partial charge in [-0.25, -0.2) is 14.6 Å². The third-order valence-electron chi connectivity index (χ3n) is 2.72. The zero-order valence-corrected chi connectivity index (χ0v) is 12.2. The molecule has 1 N–H and O–H groups in total. The molecule has 0 aliphatic heterocycles. The summed E-state index contributed by atoms with van der Waals surface area (Å²) in [4.78, 5) is 27.7. The zero-order chi connectivity index (χ0) is 15.1. The van der Waals surface area contributed by atoms with Crippen molar-refractivity contribution in [3.8, 4) is 0 Å². The van der Waals surface area contributed by atoms with Crippen molar-refractivity contribution in [3.05, 3.63) is 23.9 Å². The van der Waals surface area contributed by atoms with Gasteiger partial charge in [-0.3, -0.25) is 0 Å². The highest BCUT2D eigenvalue weighted by atomic mass is 16.5. The van der Waals surface area contributed by atoms with Crippen molar-refractivity contribution < 1.29 is 19.1 Å². The van der Waals surface area contributed by atoms with Crippen LogP contribution in [0.5, 0.6) is 0 Å². The van der Waals surface area contributed by atoms with Gasteiger partial charge in [0.2, 0.25) is 0 Å². The quantitative estimate of drug-likeness (QED) is 0.801. The van der Waals surface area contributed by atoms with Crippen LogP contribution in [0.3, 0.4) is 0 Å². The molecular weight excluding hydrogens is 260 g/mol. The number of anilines is 1. The number of pyridine rings is 1. The molecule has 1 heterocycles. The van der Waals surface area contributed by atoms with Crippen molar-refractivity contribution in [1.82, 2.24) is 4.98 Å². The van der Waals surface area contributed by atoms with Crippen LogP contribution < -0.4 is 5.32 Å². The lowest BCUT2D eigenvalue weighted by Crippen LogP contribution is -2.36. The molecule has 0 radical (unpaired) electrons. The van der Waals surface area contributed by atoms with Crippen LogP contribution in [0.1, 0.15) is 31.1 Å². The van der Waals surface area contributed by atoms with Crippen molar-refractivity contribution in [1.29, 1.82) is 0 Å². The molecule has 1 aromatic rings. The van der Waals surface area contributed by atoms with E-state index in [4.69, 9.17) is 9.47 Å². The maximum atomic E-state index is 11.8. The maximum absolute atomic E-state index is 11.8. The van der Waals surface area contributed by atoms with Gasteiger partial charge >= 0.3 is 11.9 Å². The predicted molar refractivity (Wildman–Crippen MR) is 74.5 cm³/mol. The zero-order valence-electron chi connectivity index (χ0n) is 12.2. The largest absolute Gasteiger partial charge is 0.467 e. The minimum Gasteiger partial charge on any atom is -0.467 e. The highest BCUT2D eigenvalue weighted by Crippen LogP contribution is 2.17. The Morgan fingerprint density at radius 1 is 1.40 bits per heavy atom. The van der Waals surface area contributed by atoms with Crippen molar-refractivity contribution in [2.45, 2.75) is 26.8 Å². The number of carbonyl (C=O) groups is 2. The van der Waals surface area contributed by atoms with Crippen LogP contribution >= 0.6 is 0 Å². The van der Waals surface area contributed by atoms with Crippen LogP contribution in [0.25, 0.3) is 0 Å². The Balaban J connectivity index is 3.01. The molecule has 1 rings (SSSR count). The third kappa shape index (κ3) is 3.94. The molecular formula is C14H20N2O4. The van der Waals surface area contributed by atoms with Crippen molar-refractivity contribution in [2.75, 3.05) is 19.0 Å². The van der Waals surface area contributed by atoms with Gasteiger partial charge in [-0.05, 0) is 25.0 Å². The molecule has 0 fully saturated rings. The summed E-state index contributed by atoms with van der Waals surface area (Å²) in [5.74, 6) is -0.578. The average molecular weight is 280 g/mol. The molecule has 6 nitrogen and oxygen atoms in total. The number of nitrogens with zero attached hydrogens (tertiary/aromatic N) is 1. The Kier molecular flexibility index (Phi) is 5.96. The van der Waals surface area contributed by atoms with Gasteiger partial charge in [-0.15, -0.1) is 0 Å². The minimum atomic E-state index is -0.580. The second-order valence-corrected chi connectivity index (χ2v) is 4.51. The monoisotopic (exact) mass is 280 g/mol. The number of esters is 2. The molecule has 1 unspecified atom stereocenters. The third-order valence-corrected chi connectivity index (χ3v) is 2.72.